The van der Waals surface area contributed by atoms with Gasteiger partial charge in [-0.05, 0) is 48.8 Å². The molecule has 94 valence electrons. The quantitative estimate of drug-likeness (QED) is 0.799. The summed E-state index contributed by atoms with van der Waals surface area (Å²) in [6.07, 6.45) is 2.09. The smallest absolute Gasteiger partial charge is 0.306 e. The second-order valence-corrected chi connectivity index (χ2v) is 6.01. The molecular formula is C13H18BrNO2. The number of nitrogens with zero attached hydrogens (tertiary/aromatic N) is 1. The minimum absolute atomic E-state index is 0.0675. The second-order valence-electron chi connectivity index (χ2n) is 5.09. The van der Waals surface area contributed by atoms with Crippen LogP contribution in [0.3, 0.4) is 0 Å². The third-order valence-electron chi connectivity index (χ3n) is 2.15. The summed E-state index contributed by atoms with van der Waals surface area (Å²) >= 11 is 3.33. The summed E-state index contributed by atoms with van der Waals surface area (Å²) in [7, 11) is 0. The number of esters is 1. The Morgan fingerprint density at radius 1 is 1.47 bits per heavy atom. The van der Waals surface area contributed by atoms with Gasteiger partial charge in [-0.2, -0.15) is 0 Å². The number of aromatic nitrogens is 1. The van der Waals surface area contributed by atoms with E-state index in [1.54, 1.807) is 6.20 Å². The average molecular weight is 300 g/mol. The number of rotatable bonds is 3. The van der Waals surface area contributed by atoms with Gasteiger partial charge in [0.2, 0.25) is 0 Å². The maximum Gasteiger partial charge on any atom is 0.306 e. The Balaban J connectivity index is 2.57. The molecule has 0 aliphatic rings. The molecule has 0 saturated carbocycles. The first-order chi connectivity index (χ1) is 7.78. The molecule has 0 aromatic carbocycles. The molecule has 0 N–H and O–H groups in total. The summed E-state index contributed by atoms with van der Waals surface area (Å²) < 4.78 is 6.21. The Hall–Kier alpha value is -0.900. The van der Waals surface area contributed by atoms with Crippen LogP contribution in [0.5, 0.6) is 0 Å². The van der Waals surface area contributed by atoms with Gasteiger partial charge >= 0.3 is 5.97 Å². The van der Waals surface area contributed by atoms with Crippen molar-refractivity contribution in [1.82, 2.24) is 4.98 Å². The van der Waals surface area contributed by atoms with Gasteiger partial charge in [-0.1, -0.05) is 6.92 Å². The summed E-state index contributed by atoms with van der Waals surface area (Å²) in [5.41, 5.74) is 0.475. The molecule has 1 aromatic rings. The Bertz CT molecular complexity index is 381. The van der Waals surface area contributed by atoms with Crippen molar-refractivity contribution in [2.75, 3.05) is 0 Å². The normalized spacial score (nSPS) is 13.2. The first-order valence-electron chi connectivity index (χ1n) is 5.61. The summed E-state index contributed by atoms with van der Waals surface area (Å²) in [4.78, 5) is 15.9. The highest BCUT2D eigenvalue weighted by molar-refractivity contribution is 9.10. The number of halogens is 1. The van der Waals surface area contributed by atoms with Gasteiger partial charge in [-0.15, -0.1) is 0 Å². The molecule has 0 unspecified atom stereocenters. The van der Waals surface area contributed by atoms with E-state index in [-0.39, 0.29) is 11.9 Å². The van der Waals surface area contributed by atoms with Gasteiger partial charge in [-0.3, -0.25) is 9.78 Å². The summed E-state index contributed by atoms with van der Waals surface area (Å²) in [5.74, 6) is -0.118. The molecule has 1 atom stereocenters. The van der Waals surface area contributed by atoms with Crippen LogP contribution in [0.15, 0.2) is 22.8 Å². The van der Waals surface area contributed by atoms with Gasteiger partial charge < -0.3 is 4.74 Å². The highest BCUT2D eigenvalue weighted by Gasteiger charge is 2.19. The van der Waals surface area contributed by atoms with Crippen LogP contribution < -0.4 is 0 Å². The molecule has 1 rings (SSSR count). The molecule has 0 fully saturated rings. The second kappa shape index (κ2) is 5.63. The van der Waals surface area contributed by atoms with Crippen molar-refractivity contribution in [1.29, 1.82) is 0 Å². The van der Waals surface area contributed by atoms with E-state index < -0.39 is 5.60 Å². The lowest BCUT2D eigenvalue weighted by atomic mass is 10.0. The fourth-order valence-corrected chi connectivity index (χ4v) is 1.65. The predicted octanol–water partition coefficient (Wildman–Crippen LogP) is 3.68. The van der Waals surface area contributed by atoms with E-state index in [9.17, 15) is 4.79 Å². The molecular weight excluding hydrogens is 282 g/mol. The van der Waals surface area contributed by atoms with E-state index in [0.29, 0.717) is 6.42 Å². The van der Waals surface area contributed by atoms with Crippen molar-refractivity contribution in [3.05, 3.63) is 28.5 Å². The van der Waals surface area contributed by atoms with Gasteiger partial charge in [-0.25, -0.2) is 0 Å². The van der Waals surface area contributed by atoms with E-state index >= 15 is 0 Å². The summed E-state index contributed by atoms with van der Waals surface area (Å²) in [6, 6.07) is 3.84. The number of hydrogen-bond donors (Lipinski definition) is 0. The topological polar surface area (TPSA) is 39.2 Å². The molecule has 0 bridgehead atoms. The Labute approximate surface area is 111 Å². The van der Waals surface area contributed by atoms with Crippen molar-refractivity contribution in [3.8, 4) is 0 Å². The Morgan fingerprint density at radius 3 is 2.59 bits per heavy atom. The molecule has 1 aromatic heterocycles. The molecule has 0 aliphatic carbocycles. The van der Waals surface area contributed by atoms with Gasteiger partial charge in [0.1, 0.15) is 5.60 Å². The first-order valence-corrected chi connectivity index (χ1v) is 6.40. The van der Waals surface area contributed by atoms with Crippen molar-refractivity contribution >= 4 is 21.9 Å². The lowest BCUT2D eigenvalue weighted by molar-refractivity contribution is -0.155. The summed E-state index contributed by atoms with van der Waals surface area (Å²) in [5, 5.41) is 0. The maximum absolute atomic E-state index is 11.7. The van der Waals surface area contributed by atoms with E-state index in [1.807, 2.05) is 39.8 Å². The van der Waals surface area contributed by atoms with Crippen LogP contribution in [0, 0.1) is 0 Å². The Morgan fingerprint density at radius 2 is 2.12 bits per heavy atom. The molecule has 3 nitrogen and oxygen atoms in total. The molecule has 17 heavy (non-hydrogen) atoms. The van der Waals surface area contributed by atoms with Crippen LogP contribution in [0.25, 0.3) is 0 Å². The van der Waals surface area contributed by atoms with Crippen LogP contribution in [0.1, 0.15) is 45.7 Å². The zero-order valence-electron chi connectivity index (χ0n) is 10.7. The SMILES string of the molecule is C[C@H](CC(=O)OC(C)(C)C)c1ccc(Br)cn1. The van der Waals surface area contributed by atoms with Gasteiger partial charge in [0, 0.05) is 22.3 Å². The molecule has 0 aliphatic heterocycles. The monoisotopic (exact) mass is 299 g/mol. The fourth-order valence-electron chi connectivity index (χ4n) is 1.42. The number of pyridine rings is 1. The molecule has 0 spiro atoms. The van der Waals surface area contributed by atoms with Crippen molar-refractivity contribution in [2.45, 2.75) is 45.6 Å². The zero-order chi connectivity index (χ0) is 13.1. The Kier molecular flexibility index (Phi) is 4.69. The fraction of sp³-hybridized carbons (Fsp3) is 0.538. The molecule has 4 heteroatoms. The standard InChI is InChI=1S/C13H18BrNO2/c1-9(7-12(16)17-13(2,3)4)11-6-5-10(14)8-15-11/h5-6,8-9H,7H2,1-4H3/t9-/m1/s1. The maximum atomic E-state index is 11.7. The van der Waals surface area contributed by atoms with Gasteiger partial charge in [0.25, 0.3) is 0 Å². The first kappa shape index (κ1) is 14.2. The lowest BCUT2D eigenvalue weighted by Gasteiger charge is -2.20. The van der Waals surface area contributed by atoms with E-state index in [0.717, 1.165) is 10.2 Å². The van der Waals surface area contributed by atoms with Crippen LogP contribution in [-0.4, -0.2) is 16.6 Å². The minimum atomic E-state index is -0.427. The molecule has 0 saturated heterocycles. The molecule has 0 radical (unpaired) electrons. The predicted molar refractivity (Wildman–Crippen MR) is 70.8 cm³/mol. The van der Waals surface area contributed by atoms with E-state index in [2.05, 4.69) is 20.9 Å². The summed E-state index contributed by atoms with van der Waals surface area (Å²) in [6.45, 7) is 7.58. The highest BCUT2D eigenvalue weighted by Crippen LogP contribution is 2.20. The number of ether oxygens (including phenoxy) is 1. The van der Waals surface area contributed by atoms with Crippen LogP contribution in [0.4, 0.5) is 0 Å². The largest absolute Gasteiger partial charge is 0.460 e. The van der Waals surface area contributed by atoms with Crippen molar-refractivity contribution in [3.63, 3.8) is 0 Å². The van der Waals surface area contributed by atoms with Crippen LogP contribution >= 0.6 is 15.9 Å². The lowest BCUT2D eigenvalue weighted by Crippen LogP contribution is -2.24. The van der Waals surface area contributed by atoms with Gasteiger partial charge in [0.05, 0.1) is 6.42 Å². The number of carbonyl (C=O) groups excluding carboxylic acids is 1. The minimum Gasteiger partial charge on any atom is -0.460 e. The molecule has 0 amide bonds. The van der Waals surface area contributed by atoms with Crippen LogP contribution in [0.2, 0.25) is 0 Å². The van der Waals surface area contributed by atoms with E-state index in [4.69, 9.17) is 4.74 Å². The average Bonchev–Trinajstić information content (AvgIpc) is 2.15. The van der Waals surface area contributed by atoms with Crippen molar-refractivity contribution in [2.24, 2.45) is 0 Å². The molecule has 1 heterocycles. The number of carbonyl (C=O) groups is 1. The number of hydrogen-bond acceptors (Lipinski definition) is 3. The third-order valence-corrected chi connectivity index (χ3v) is 2.62. The van der Waals surface area contributed by atoms with E-state index in [1.165, 1.54) is 0 Å². The van der Waals surface area contributed by atoms with Crippen molar-refractivity contribution < 1.29 is 9.53 Å². The zero-order valence-corrected chi connectivity index (χ0v) is 12.2. The van der Waals surface area contributed by atoms with Crippen LogP contribution in [-0.2, 0) is 9.53 Å². The highest BCUT2D eigenvalue weighted by atomic mass is 79.9. The third kappa shape index (κ3) is 5.31. The van der Waals surface area contributed by atoms with Gasteiger partial charge in [0.15, 0.2) is 0 Å².